The number of thioether (sulfide) groups is 1. The lowest BCUT2D eigenvalue weighted by Crippen LogP contribution is -2.10. The van der Waals surface area contributed by atoms with Gasteiger partial charge in [-0.05, 0) is 16.8 Å². The number of fused-ring (bicyclic) bond motifs is 1. The molecule has 5 heteroatoms. The van der Waals surface area contributed by atoms with Crippen molar-refractivity contribution in [3.8, 4) is 5.75 Å². The van der Waals surface area contributed by atoms with Gasteiger partial charge in [-0.25, -0.2) is 4.99 Å². The van der Waals surface area contributed by atoms with Gasteiger partial charge in [-0.1, -0.05) is 72.4 Å². The Morgan fingerprint density at radius 2 is 1.76 bits per heavy atom. The van der Waals surface area contributed by atoms with Gasteiger partial charge in [0, 0.05) is 22.7 Å². The Labute approximate surface area is 149 Å². The molecule has 0 spiro atoms. The summed E-state index contributed by atoms with van der Waals surface area (Å²) in [7, 11) is 0. The van der Waals surface area contributed by atoms with E-state index in [0.29, 0.717) is 10.7 Å². The zero-order valence-corrected chi connectivity index (χ0v) is 14.1. The van der Waals surface area contributed by atoms with Crippen LogP contribution in [-0.2, 0) is 0 Å². The number of hydrogen-bond acceptors (Lipinski definition) is 5. The number of rotatable bonds is 2. The van der Waals surface area contributed by atoms with Crippen LogP contribution in [0.2, 0.25) is 0 Å². The van der Waals surface area contributed by atoms with Crippen molar-refractivity contribution < 1.29 is 5.11 Å². The Bertz CT molecular complexity index is 1010. The first-order chi connectivity index (χ1) is 12.3. The minimum atomic E-state index is 0.206. The molecule has 0 atom stereocenters. The lowest BCUT2D eigenvalue weighted by Gasteiger charge is -2.12. The van der Waals surface area contributed by atoms with E-state index in [1.165, 1.54) is 11.8 Å². The number of hydrogen-bond donors (Lipinski definition) is 2. The number of phenolic OH excluding ortho intramolecular Hbond substituents is 1. The summed E-state index contributed by atoms with van der Waals surface area (Å²) in [5.41, 5.74) is 5.74. The summed E-state index contributed by atoms with van der Waals surface area (Å²) >= 11 is 1.44. The van der Waals surface area contributed by atoms with Crippen LogP contribution >= 0.6 is 11.8 Å². The minimum absolute atomic E-state index is 0.206. The average Bonchev–Trinajstić information content (AvgIpc) is 2.68. The molecule has 0 aliphatic carbocycles. The molecule has 0 amide bonds. The molecule has 0 saturated carbocycles. The third-order valence-corrected chi connectivity index (χ3v) is 4.65. The normalized spacial score (nSPS) is 14.2. The third-order valence-electron chi connectivity index (χ3n) is 3.89. The van der Waals surface area contributed by atoms with E-state index in [9.17, 15) is 5.11 Å². The molecule has 1 aliphatic heterocycles. The average molecular weight is 345 g/mol. The summed E-state index contributed by atoms with van der Waals surface area (Å²) < 4.78 is 0. The summed E-state index contributed by atoms with van der Waals surface area (Å²) in [5, 5.41) is 19.1. The molecule has 1 heterocycles. The molecule has 3 aromatic rings. The molecule has 4 rings (SSSR count). The Balaban J connectivity index is 1.56. The van der Waals surface area contributed by atoms with Gasteiger partial charge >= 0.3 is 0 Å². The molecule has 0 radical (unpaired) electrons. The molecule has 3 aromatic carbocycles. The van der Waals surface area contributed by atoms with Crippen LogP contribution < -0.4 is 5.43 Å². The smallest absolute Gasteiger partial charge is 0.210 e. The molecule has 0 unspecified atom stereocenters. The van der Waals surface area contributed by atoms with Gasteiger partial charge in [0.25, 0.3) is 0 Å². The topological polar surface area (TPSA) is 57.0 Å². The van der Waals surface area contributed by atoms with Crippen molar-refractivity contribution in [1.82, 2.24) is 5.43 Å². The van der Waals surface area contributed by atoms with Gasteiger partial charge in [-0.2, -0.15) is 0 Å². The molecule has 0 bridgehead atoms. The van der Waals surface area contributed by atoms with Gasteiger partial charge in [-0.3, -0.25) is 5.43 Å². The molecule has 0 fully saturated rings. The summed E-state index contributed by atoms with van der Waals surface area (Å²) in [5.74, 6) is 0.206. The standard InChI is InChI=1S/C20H15N3OS/c24-19-11-10-14-6-4-5-9-16(14)17(19)12-21-20-23-22-18(13-25-20)15-7-2-1-3-8-15/h1-13,22,24H. The highest BCUT2D eigenvalue weighted by molar-refractivity contribution is 8.16. The minimum Gasteiger partial charge on any atom is -0.507 e. The lowest BCUT2D eigenvalue weighted by molar-refractivity contribution is 0.475. The van der Waals surface area contributed by atoms with Crippen molar-refractivity contribution in [1.29, 1.82) is 0 Å². The van der Waals surface area contributed by atoms with Crippen molar-refractivity contribution >= 4 is 39.6 Å². The maximum Gasteiger partial charge on any atom is 0.210 e. The summed E-state index contributed by atoms with van der Waals surface area (Å²) in [6.07, 6.45) is 1.66. The van der Waals surface area contributed by atoms with Gasteiger partial charge in [0.15, 0.2) is 0 Å². The zero-order chi connectivity index (χ0) is 17.1. The van der Waals surface area contributed by atoms with E-state index in [2.05, 4.69) is 15.5 Å². The van der Waals surface area contributed by atoms with E-state index in [4.69, 9.17) is 0 Å². The maximum atomic E-state index is 10.2. The molecule has 0 saturated heterocycles. The molecular formula is C20H15N3OS. The number of nitrogens with one attached hydrogen (secondary N) is 1. The van der Waals surface area contributed by atoms with Gasteiger partial charge < -0.3 is 5.11 Å². The van der Waals surface area contributed by atoms with Crippen molar-refractivity contribution in [2.24, 2.45) is 10.1 Å². The summed E-state index contributed by atoms with van der Waals surface area (Å²) in [6.45, 7) is 0. The first-order valence-corrected chi connectivity index (χ1v) is 8.70. The third kappa shape index (κ3) is 3.27. The van der Waals surface area contributed by atoms with Crippen LogP contribution in [0.15, 0.2) is 82.2 Å². The van der Waals surface area contributed by atoms with E-state index in [-0.39, 0.29) is 5.75 Å². The van der Waals surface area contributed by atoms with Crippen LogP contribution in [0, 0.1) is 0 Å². The Hall–Kier alpha value is -3.05. The fourth-order valence-corrected chi connectivity index (χ4v) is 3.25. The highest BCUT2D eigenvalue weighted by Crippen LogP contribution is 2.26. The molecule has 25 heavy (non-hydrogen) atoms. The van der Waals surface area contributed by atoms with E-state index < -0.39 is 0 Å². The second kappa shape index (κ2) is 6.83. The second-order valence-electron chi connectivity index (χ2n) is 5.50. The van der Waals surface area contributed by atoms with E-state index in [1.54, 1.807) is 12.3 Å². The van der Waals surface area contributed by atoms with Crippen LogP contribution in [-0.4, -0.2) is 16.5 Å². The number of aliphatic imine (C=N–C) groups is 1. The van der Waals surface area contributed by atoms with Crippen molar-refractivity contribution in [3.05, 3.63) is 83.3 Å². The predicted octanol–water partition coefficient (Wildman–Crippen LogP) is 4.57. The van der Waals surface area contributed by atoms with E-state index in [1.807, 2.05) is 66.1 Å². The van der Waals surface area contributed by atoms with Gasteiger partial charge in [-0.15, -0.1) is 5.10 Å². The first kappa shape index (κ1) is 15.5. The Morgan fingerprint density at radius 1 is 0.960 bits per heavy atom. The molecule has 4 nitrogen and oxygen atoms in total. The quantitative estimate of drug-likeness (QED) is 0.669. The maximum absolute atomic E-state index is 10.2. The number of benzene rings is 3. The molecule has 0 aromatic heterocycles. The van der Waals surface area contributed by atoms with E-state index >= 15 is 0 Å². The molecule has 1 aliphatic rings. The fourth-order valence-electron chi connectivity index (χ4n) is 2.62. The van der Waals surface area contributed by atoms with Crippen LogP contribution in [0.25, 0.3) is 16.5 Å². The number of amidine groups is 1. The number of nitrogens with zero attached hydrogens (tertiary/aromatic N) is 2. The number of phenols is 1. The first-order valence-electron chi connectivity index (χ1n) is 7.82. The largest absolute Gasteiger partial charge is 0.507 e. The highest BCUT2D eigenvalue weighted by atomic mass is 32.2. The van der Waals surface area contributed by atoms with Crippen LogP contribution in [0.3, 0.4) is 0 Å². The van der Waals surface area contributed by atoms with E-state index in [0.717, 1.165) is 22.0 Å². The van der Waals surface area contributed by atoms with Crippen LogP contribution in [0.4, 0.5) is 0 Å². The SMILES string of the molecule is Oc1ccc2ccccc2c1C=NC1=NNC(c2ccccc2)=CS1. The van der Waals surface area contributed by atoms with Gasteiger partial charge in [0.2, 0.25) is 5.17 Å². The highest BCUT2D eigenvalue weighted by Gasteiger charge is 2.09. The summed E-state index contributed by atoms with van der Waals surface area (Å²) in [4.78, 5) is 4.41. The van der Waals surface area contributed by atoms with Crippen LogP contribution in [0.1, 0.15) is 11.1 Å². The van der Waals surface area contributed by atoms with Gasteiger partial charge in [0.1, 0.15) is 5.75 Å². The molecule has 122 valence electrons. The lowest BCUT2D eigenvalue weighted by atomic mass is 10.0. The number of hydrazone groups is 1. The Kier molecular flexibility index (Phi) is 4.23. The second-order valence-corrected chi connectivity index (χ2v) is 6.34. The predicted molar refractivity (Wildman–Crippen MR) is 106 cm³/mol. The van der Waals surface area contributed by atoms with Crippen LogP contribution in [0.5, 0.6) is 5.75 Å². The summed E-state index contributed by atoms with van der Waals surface area (Å²) in [6, 6.07) is 21.5. The monoisotopic (exact) mass is 345 g/mol. The van der Waals surface area contributed by atoms with Crippen molar-refractivity contribution in [2.45, 2.75) is 0 Å². The van der Waals surface area contributed by atoms with Gasteiger partial charge in [0.05, 0.1) is 5.70 Å². The Morgan fingerprint density at radius 3 is 2.56 bits per heavy atom. The molecule has 2 N–H and O–H groups in total. The molecular weight excluding hydrogens is 330 g/mol. The fraction of sp³-hybridized carbons (Fsp3) is 0. The van der Waals surface area contributed by atoms with Crippen molar-refractivity contribution in [2.75, 3.05) is 0 Å². The number of aromatic hydroxyl groups is 1. The van der Waals surface area contributed by atoms with Crippen molar-refractivity contribution in [3.63, 3.8) is 0 Å². The zero-order valence-electron chi connectivity index (χ0n) is 13.3.